The van der Waals surface area contributed by atoms with Gasteiger partial charge in [0.2, 0.25) is 0 Å². The van der Waals surface area contributed by atoms with Gasteiger partial charge in [0.1, 0.15) is 11.6 Å². The molecule has 72 valence electrons. The van der Waals surface area contributed by atoms with Crippen LogP contribution in [-0.4, -0.2) is 9.97 Å². The minimum atomic E-state index is 0.568. The molecule has 0 radical (unpaired) electrons. The molecule has 0 fully saturated rings. The van der Waals surface area contributed by atoms with Gasteiger partial charge in [0.15, 0.2) is 0 Å². The lowest BCUT2D eigenvalue weighted by Crippen LogP contribution is -2.01. The van der Waals surface area contributed by atoms with E-state index in [1.807, 2.05) is 25.3 Å². The van der Waals surface area contributed by atoms with Crippen molar-refractivity contribution >= 4 is 17.2 Å². The molecule has 0 aliphatic carbocycles. The molecule has 0 saturated heterocycles. The van der Waals surface area contributed by atoms with E-state index >= 15 is 0 Å². The highest BCUT2D eigenvalue weighted by molar-refractivity contribution is 7.08. The zero-order valence-corrected chi connectivity index (χ0v) is 8.93. The first-order valence-electron chi connectivity index (χ1n) is 4.32. The Morgan fingerprint density at radius 3 is 2.71 bits per heavy atom. The molecule has 0 bridgehead atoms. The third-order valence-electron chi connectivity index (χ3n) is 2.09. The summed E-state index contributed by atoms with van der Waals surface area (Å²) in [6, 6.07) is 2.04. The molecule has 0 aromatic carbocycles. The van der Waals surface area contributed by atoms with Gasteiger partial charge in [-0.05, 0) is 25.3 Å². The molecule has 2 heterocycles. The van der Waals surface area contributed by atoms with Crippen LogP contribution in [0.25, 0.3) is 11.3 Å². The Bertz CT molecular complexity index is 449. The second-order valence-electron chi connectivity index (χ2n) is 3.14. The molecule has 2 aromatic rings. The number of hydrogen-bond acceptors (Lipinski definition) is 4. The van der Waals surface area contributed by atoms with E-state index in [2.05, 4.69) is 15.3 Å². The van der Waals surface area contributed by atoms with Crippen molar-refractivity contribution in [2.24, 2.45) is 0 Å². The van der Waals surface area contributed by atoms with E-state index in [9.17, 15) is 0 Å². The second kappa shape index (κ2) is 3.38. The Hall–Kier alpha value is -1.42. The van der Waals surface area contributed by atoms with Gasteiger partial charge in [0.05, 0.1) is 5.69 Å². The highest BCUT2D eigenvalue weighted by Crippen LogP contribution is 2.25. The predicted octanol–water partition coefficient (Wildman–Crippen LogP) is 2.40. The highest BCUT2D eigenvalue weighted by Gasteiger charge is 2.08. The zero-order chi connectivity index (χ0) is 10.1. The van der Waals surface area contributed by atoms with Crippen molar-refractivity contribution in [3.05, 3.63) is 28.2 Å². The molecule has 0 spiro atoms. The maximum absolute atomic E-state index is 5.78. The number of rotatable bonds is 1. The van der Waals surface area contributed by atoms with Crippen LogP contribution < -0.4 is 5.73 Å². The summed E-state index contributed by atoms with van der Waals surface area (Å²) >= 11 is 1.65. The van der Waals surface area contributed by atoms with Gasteiger partial charge < -0.3 is 5.73 Å². The number of nitrogens with two attached hydrogens (primary N) is 1. The molecule has 2 N–H and O–H groups in total. The smallest absolute Gasteiger partial charge is 0.130 e. The lowest BCUT2D eigenvalue weighted by Gasteiger charge is -2.06. The molecule has 3 nitrogen and oxygen atoms in total. The van der Waals surface area contributed by atoms with Crippen molar-refractivity contribution in [1.29, 1.82) is 0 Å². The molecule has 0 saturated carbocycles. The van der Waals surface area contributed by atoms with Crippen molar-refractivity contribution in [2.45, 2.75) is 13.8 Å². The van der Waals surface area contributed by atoms with Gasteiger partial charge in [0.25, 0.3) is 0 Å². The fourth-order valence-electron chi connectivity index (χ4n) is 1.33. The first kappa shape index (κ1) is 9.15. The van der Waals surface area contributed by atoms with Crippen LogP contribution in [-0.2, 0) is 0 Å². The van der Waals surface area contributed by atoms with Gasteiger partial charge in [-0.3, -0.25) is 0 Å². The van der Waals surface area contributed by atoms with E-state index in [0.717, 1.165) is 16.8 Å². The van der Waals surface area contributed by atoms with Crippen LogP contribution in [0.15, 0.2) is 16.8 Å². The van der Waals surface area contributed by atoms with Crippen molar-refractivity contribution in [2.75, 3.05) is 5.73 Å². The standard InChI is InChI=1S/C10H11N3S/c1-6-9(8-3-4-14-5-8)12-7(2)13-10(6)11/h3-5H,1-2H3,(H2,11,12,13). The average molecular weight is 205 g/mol. The summed E-state index contributed by atoms with van der Waals surface area (Å²) in [5.74, 6) is 1.29. The molecule has 0 unspecified atom stereocenters. The summed E-state index contributed by atoms with van der Waals surface area (Å²) in [5.41, 5.74) is 8.79. The number of thiophene rings is 1. The number of hydrogen-bond donors (Lipinski definition) is 1. The molecule has 4 heteroatoms. The lowest BCUT2D eigenvalue weighted by molar-refractivity contribution is 1.05. The average Bonchev–Trinajstić information content (AvgIpc) is 2.63. The van der Waals surface area contributed by atoms with Crippen LogP contribution in [0.1, 0.15) is 11.4 Å². The van der Waals surface area contributed by atoms with Crippen LogP contribution in [0.2, 0.25) is 0 Å². The van der Waals surface area contributed by atoms with Crippen LogP contribution in [0.5, 0.6) is 0 Å². The van der Waals surface area contributed by atoms with Gasteiger partial charge in [-0.25, -0.2) is 9.97 Å². The monoisotopic (exact) mass is 205 g/mol. The zero-order valence-electron chi connectivity index (χ0n) is 8.11. The van der Waals surface area contributed by atoms with E-state index < -0.39 is 0 Å². The topological polar surface area (TPSA) is 51.8 Å². The SMILES string of the molecule is Cc1nc(N)c(C)c(-c2ccsc2)n1. The van der Waals surface area contributed by atoms with Crippen LogP contribution >= 0.6 is 11.3 Å². The van der Waals surface area contributed by atoms with Gasteiger partial charge in [0, 0.05) is 16.5 Å². The van der Waals surface area contributed by atoms with Crippen LogP contribution in [0, 0.1) is 13.8 Å². The molecule has 0 aliphatic heterocycles. The summed E-state index contributed by atoms with van der Waals surface area (Å²) in [5, 5.41) is 4.09. The first-order chi connectivity index (χ1) is 6.68. The van der Waals surface area contributed by atoms with Crippen molar-refractivity contribution < 1.29 is 0 Å². The minimum Gasteiger partial charge on any atom is -0.383 e. The van der Waals surface area contributed by atoms with Crippen molar-refractivity contribution in [1.82, 2.24) is 9.97 Å². The minimum absolute atomic E-state index is 0.568. The van der Waals surface area contributed by atoms with Gasteiger partial charge in [-0.2, -0.15) is 11.3 Å². The molecular formula is C10H11N3S. The largest absolute Gasteiger partial charge is 0.383 e. The summed E-state index contributed by atoms with van der Waals surface area (Å²) in [6.07, 6.45) is 0. The summed E-state index contributed by atoms with van der Waals surface area (Å²) < 4.78 is 0. The van der Waals surface area contributed by atoms with E-state index in [-0.39, 0.29) is 0 Å². The Balaban J connectivity index is 2.64. The predicted molar refractivity (Wildman–Crippen MR) is 59.2 cm³/mol. The van der Waals surface area contributed by atoms with E-state index in [4.69, 9.17) is 5.73 Å². The third-order valence-corrected chi connectivity index (χ3v) is 2.77. The number of nitrogens with zero attached hydrogens (tertiary/aromatic N) is 2. The Morgan fingerprint density at radius 2 is 2.07 bits per heavy atom. The van der Waals surface area contributed by atoms with E-state index in [1.165, 1.54) is 0 Å². The number of anilines is 1. The van der Waals surface area contributed by atoms with E-state index in [0.29, 0.717) is 11.6 Å². The maximum Gasteiger partial charge on any atom is 0.130 e. The Labute approximate surface area is 86.6 Å². The highest BCUT2D eigenvalue weighted by atomic mass is 32.1. The van der Waals surface area contributed by atoms with Gasteiger partial charge in [-0.1, -0.05) is 0 Å². The molecule has 14 heavy (non-hydrogen) atoms. The summed E-state index contributed by atoms with van der Waals surface area (Å²) in [6.45, 7) is 3.80. The van der Waals surface area contributed by atoms with Gasteiger partial charge >= 0.3 is 0 Å². The fourth-order valence-corrected chi connectivity index (χ4v) is 1.97. The van der Waals surface area contributed by atoms with Gasteiger partial charge in [-0.15, -0.1) is 0 Å². The second-order valence-corrected chi connectivity index (χ2v) is 3.92. The van der Waals surface area contributed by atoms with E-state index in [1.54, 1.807) is 11.3 Å². The summed E-state index contributed by atoms with van der Waals surface area (Å²) in [7, 11) is 0. The molecule has 2 rings (SSSR count). The quantitative estimate of drug-likeness (QED) is 0.777. The molecule has 0 aliphatic rings. The normalized spacial score (nSPS) is 10.4. The van der Waals surface area contributed by atoms with Crippen LogP contribution in [0.3, 0.4) is 0 Å². The number of aryl methyl sites for hydroxylation is 1. The fraction of sp³-hybridized carbons (Fsp3) is 0.200. The molecule has 0 amide bonds. The Morgan fingerprint density at radius 1 is 1.29 bits per heavy atom. The van der Waals surface area contributed by atoms with Crippen molar-refractivity contribution in [3.63, 3.8) is 0 Å². The lowest BCUT2D eigenvalue weighted by atomic mass is 10.1. The number of aromatic nitrogens is 2. The third kappa shape index (κ3) is 1.48. The maximum atomic E-state index is 5.78. The summed E-state index contributed by atoms with van der Waals surface area (Å²) in [4.78, 5) is 8.51. The first-order valence-corrected chi connectivity index (χ1v) is 5.26. The molecule has 0 atom stereocenters. The number of nitrogen functional groups attached to an aromatic ring is 1. The Kier molecular flexibility index (Phi) is 2.21. The molecule has 2 aromatic heterocycles. The van der Waals surface area contributed by atoms with Crippen molar-refractivity contribution in [3.8, 4) is 11.3 Å². The molecular weight excluding hydrogens is 194 g/mol. The van der Waals surface area contributed by atoms with Crippen LogP contribution in [0.4, 0.5) is 5.82 Å².